The van der Waals surface area contributed by atoms with Crippen LogP contribution in [0, 0.1) is 0 Å². The van der Waals surface area contributed by atoms with Crippen LogP contribution in [-0.2, 0) is 0 Å². The molecule has 1 aromatic rings. The van der Waals surface area contributed by atoms with E-state index in [0.29, 0.717) is 0 Å². The quantitative estimate of drug-likeness (QED) is 0.840. The second kappa shape index (κ2) is 7.05. The molecule has 0 unspecified atom stereocenters. The van der Waals surface area contributed by atoms with E-state index in [0.717, 1.165) is 38.3 Å². The SMILES string of the molecule is O=C(c1ccccc1)N1CCN(CCN2CCCC2)CC1. The van der Waals surface area contributed by atoms with Gasteiger partial charge in [-0.1, -0.05) is 18.2 Å². The standard InChI is InChI=1S/C17H25N3O/c21-17(16-6-2-1-3-7-16)20-14-12-19(13-15-20)11-10-18-8-4-5-9-18/h1-3,6-7H,4-5,8-15H2. The highest BCUT2D eigenvalue weighted by Crippen LogP contribution is 2.10. The molecule has 0 aliphatic carbocycles. The lowest BCUT2D eigenvalue weighted by Gasteiger charge is -2.35. The van der Waals surface area contributed by atoms with Crippen molar-refractivity contribution >= 4 is 5.91 Å². The minimum Gasteiger partial charge on any atom is -0.336 e. The minimum absolute atomic E-state index is 0.176. The third-order valence-electron chi connectivity index (χ3n) is 4.61. The fraction of sp³-hybridized carbons (Fsp3) is 0.588. The number of benzene rings is 1. The Bertz CT molecular complexity index is 448. The molecule has 1 aromatic carbocycles. The van der Waals surface area contributed by atoms with Crippen molar-refractivity contribution in [2.24, 2.45) is 0 Å². The lowest BCUT2D eigenvalue weighted by molar-refractivity contribution is 0.0626. The van der Waals surface area contributed by atoms with E-state index in [9.17, 15) is 4.79 Å². The first-order valence-corrected chi connectivity index (χ1v) is 8.12. The fourth-order valence-electron chi connectivity index (χ4n) is 3.23. The Balaban J connectivity index is 1.43. The van der Waals surface area contributed by atoms with Crippen LogP contribution in [0.1, 0.15) is 23.2 Å². The van der Waals surface area contributed by atoms with Crippen LogP contribution in [0.5, 0.6) is 0 Å². The van der Waals surface area contributed by atoms with E-state index < -0.39 is 0 Å². The van der Waals surface area contributed by atoms with Gasteiger partial charge in [0.1, 0.15) is 0 Å². The normalized spacial score (nSPS) is 20.9. The molecule has 0 aromatic heterocycles. The van der Waals surface area contributed by atoms with Crippen LogP contribution in [-0.4, -0.2) is 73.0 Å². The molecule has 2 saturated heterocycles. The summed E-state index contributed by atoms with van der Waals surface area (Å²) in [6.45, 7) is 8.60. The number of hydrogen-bond acceptors (Lipinski definition) is 3. The monoisotopic (exact) mass is 287 g/mol. The smallest absolute Gasteiger partial charge is 0.253 e. The summed E-state index contributed by atoms with van der Waals surface area (Å²) in [5.41, 5.74) is 0.808. The zero-order chi connectivity index (χ0) is 14.5. The number of hydrogen-bond donors (Lipinski definition) is 0. The van der Waals surface area contributed by atoms with E-state index in [1.807, 2.05) is 35.2 Å². The molecular weight excluding hydrogens is 262 g/mol. The Hall–Kier alpha value is -1.39. The van der Waals surface area contributed by atoms with Gasteiger partial charge in [0.2, 0.25) is 0 Å². The van der Waals surface area contributed by atoms with E-state index in [4.69, 9.17) is 0 Å². The number of nitrogens with zero attached hydrogens (tertiary/aromatic N) is 3. The van der Waals surface area contributed by atoms with Crippen LogP contribution in [0.4, 0.5) is 0 Å². The molecular formula is C17H25N3O. The van der Waals surface area contributed by atoms with Crippen LogP contribution >= 0.6 is 0 Å². The fourth-order valence-corrected chi connectivity index (χ4v) is 3.23. The average Bonchev–Trinajstić information content (AvgIpc) is 3.07. The Morgan fingerprint density at radius 1 is 0.810 bits per heavy atom. The number of carbonyl (C=O) groups is 1. The highest BCUT2D eigenvalue weighted by Gasteiger charge is 2.22. The number of piperazine rings is 1. The molecule has 21 heavy (non-hydrogen) atoms. The van der Waals surface area contributed by atoms with Crippen molar-refractivity contribution < 1.29 is 4.79 Å². The van der Waals surface area contributed by atoms with E-state index in [2.05, 4.69) is 9.80 Å². The van der Waals surface area contributed by atoms with Crippen molar-refractivity contribution in [1.82, 2.24) is 14.7 Å². The van der Waals surface area contributed by atoms with Gasteiger partial charge in [-0.3, -0.25) is 9.69 Å². The van der Waals surface area contributed by atoms with Gasteiger partial charge in [0, 0.05) is 44.8 Å². The highest BCUT2D eigenvalue weighted by molar-refractivity contribution is 5.94. The van der Waals surface area contributed by atoms with Gasteiger partial charge in [-0.05, 0) is 38.1 Å². The first-order chi connectivity index (χ1) is 10.3. The van der Waals surface area contributed by atoms with E-state index in [-0.39, 0.29) is 5.91 Å². The maximum absolute atomic E-state index is 12.4. The predicted octanol–water partition coefficient (Wildman–Crippen LogP) is 1.54. The first kappa shape index (κ1) is 14.5. The zero-order valence-corrected chi connectivity index (χ0v) is 12.7. The van der Waals surface area contributed by atoms with E-state index in [1.165, 1.54) is 32.5 Å². The largest absolute Gasteiger partial charge is 0.336 e. The second-order valence-corrected chi connectivity index (χ2v) is 6.05. The number of carbonyl (C=O) groups excluding carboxylic acids is 1. The first-order valence-electron chi connectivity index (χ1n) is 8.12. The Morgan fingerprint density at radius 3 is 2.00 bits per heavy atom. The van der Waals surface area contributed by atoms with Gasteiger partial charge < -0.3 is 9.80 Å². The van der Waals surface area contributed by atoms with Crippen LogP contribution in [0.25, 0.3) is 0 Å². The molecule has 4 nitrogen and oxygen atoms in total. The summed E-state index contributed by atoms with van der Waals surface area (Å²) in [6.07, 6.45) is 2.72. The second-order valence-electron chi connectivity index (χ2n) is 6.05. The summed E-state index contributed by atoms with van der Waals surface area (Å²) < 4.78 is 0. The molecule has 0 N–H and O–H groups in total. The minimum atomic E-state index is 0.176. The lowest BCUT2D eigenvalue weighted by Crippen LogP contribution is -2.50. The van der Waals surface area contributed by atoms with Gasteiger partial charge >= 0.3 is 0 Å². The summed E-state index contributed by atoms with van der Waals surface area (Å²) in [4.78, 5) is 19.4. The number of rotatable bonds is 4. The van der Waals surface area contributed by atoms with Gasteiger partial charge in [-0.15, -0.1) is 0 Å². The third kappa shape index (κ3) is 3.83. The summed E-state index contributed by atoms with van der Waals surface area (Å²) in [7, 11) is 0. The summed E-state index contributed by atoms with van der Waals surface area (Å²) >= 11 is 0. The average molecular weight is 287 g/mol. The molecule has 0 radical (unpaired) electrons. The summed E-state index contributed by atoms with van der Waals surface area (Å²) in [5.74, 6) is 0.176. The third-order valence-corrected chi connectivity index (χ3v) is 4.61. The molecule has 3 rings (SSSR count). The predicted molar refractivity (Wildman–Crippen MR) is 84.5 cm³/mol. The van der Waals surface area contributed by atoms with Crippen LogP contribution in [0.2, 0.25) is 0 Å². The van der Waals surface area contributed by atoms with Crippen molar-refractivity contribution in [2.45, 2.75) is 12.8 Å². The topological polar surface area (TPSA) is 26.8 Å². The van der Waals surface area contributed by atoms with Crippen molar-refractivity contribution in [3.8, 4) is 0 Å². The van der Waals surface area contributed by atoms with Crippen molar-refractivity contribution in [3.63, 3.8) is 0 Å². The van der Waals surface area contributed by atoms with Gasteiger partial charge in [-0.25, -0.2) is 0 Å². The maximum Gasteiger partial charge on any atom is 0.253 e. The van der Waals surface area contributed by atoms with Crippen molar-refractivity contribution in [2.75, 3.05) is 52.4 Å². The van der Waals surface area contributed by atoms with Crippen molar-refractivity contribution in [3.05, 3.63) is 35.9 Å². The lowest BCUT2D eigenvalue weighted by atomic mass is 10.2. The number of amides is 1. The Labute approximate surface area is 127 Å². The molecule has 2 aliphatic heterocycles. The molecule has 0 atom stereocenters. The molecule has 2 heterocycles. The molecule has 0 bridgehead atoms. The molecule has 2 aliphatic rings. The molecule has 114 valence electrons. The van der Waals surface area contributed by atoms with E-state index >= 15 is 0 Å². The molecule has 1 amide bonds. The maximum atomic E-state index is 12.4. The zero-order valence-electron chi connectivity index (χ0n) is 12.7. The summed E-state index contributed by atoms with van der Waals surface area (Å²) in [6, 6.07) is 9.62. The number of likely N-dealkylation sites (tertiary alicyclic amines) is 1. The van der Waals surface area contributed by atoms with Gasteiger partial charge in [-0.2, -0.15) is 0 Å². The highest BCUT2D eigenvalue weighted by atomic mass is 16.2. The van der Waals surface area contributed by atoms with Crippen LogP contribution in [0.3, 0.4) is 0 Å². The Morgan fingerprint density at radius 2 is 1.38 bits per heavy atom. The Kier molecular flexibility index (Phi) is 4.88. The molecule has 0 spiro atoms. The molecule has 2 fully saturated rings. The molecule has 4 heteroatoms. The van der Waals surface area contributed by atoms with Gasteiger partial charge in [0.15, 0.2) is 0 Å². The molecule has 0 saturated carbocycles. The van der Waals surface area contributed by atoms with Gasteiger partial charge in [0.05, 0.1) is 0 Å². The van der Waals surface area contributed by atoms with E-state index in [1.54, 1.807) is 0 Å². The van der Waals surface area contributed by atoms with Gasteiger partial charge in [0.25, 0.3) is 5.91 Å². The summed E-state index contributed by atoms with van der Waals surface area (Å²) in [5, 5.41) is 0. The van der Waals surface area contributed by atoms with Crippen molar-refractivity contribution in [1.29, 1.82) is 0 Å². The van der Waals surface area contributed by atoms with Crippen LogP contribution in [0.15, 0.2) is 30.3 Å². The van der Waals surface area contributed by atoms with Crippen LogP contribution < -0.4 is 0 Å².